The summed E-state index contributed by atoms with van der Waals surface area (Å²) in [4.78, 5) is 25.3. The third-order valence-corrected chi connectivity index (χ3v) is 5.98. The van der Waals surface area contributed by atoms with E-state index in [1.807, 2.05) is 0 Å². The molecule has 2 saturated carbocycles. The zero-order valence-electron chi connectivity index (χ0n) is 14.4. The van der Waals surface area contributed by atoms with Gasteiger partial charge in [0, 0.05) is 29.9 Å². The van der Waals surface area contributed by atoms with Crippen LogP contribution < -0.4 is 14.8 Å². The first-order chi connectivity index (χ1) is 12.5. The van der Waals surface area contributed by atoms with Gasteiger partial charge in [-0.05, 0) is 31.9 Å². The summed E-state index contributed by atoms with van der Waals surface area (Å²) in [6.45, 7) is 2.35. The molecule has 2 aliphatic heterocycles. The fraction of sp³-hybridized carbons (Fsp3) is 0.526. The number of urea groups is 1. The minimum Gasteiger partial charge on any atom is -0.492 e. The molecule has 1 aromatic carbocycles. The van der Waals surface area contributed by atoms with Crippen molar-refractivity contribution in [3.8, 4) is 17.6 Å². The second kappa shape index (κ2) is 5.13. The number of rotatable bonds is 3. The lowest BCUT2D eigenvalue weighted by molar-refractivity contribution is -0.131. The van der Waals surface area contributed by atoms with Crippen molar-refractivity contribution in [1.29, 1.82) is 5.26 Å². The molecule has 3 amide bonds. The molecule has 2 aliphatic carbocycles. The quantitative estimate of drug-likeness (QED) is 0.837. The molecule has 1 aromatic rings. The Morgan fingerprint density at radius 1 is 1.35 bits per heavy atom. The Morgan fingerprint density at radius 2 is 2.12 bits per heavy atom. The van der Waals surface area contributed by atoms with E-state index in [4.69, 9.17) is 9.47 Å². The second-order valence-corrected chi connectivity index (χ2v) is 7.77. The number of hydrogen-bond donors (Lipinski definition) is 1. The molecule has 2 heterocycles. The minimum atomic E-state index is -0.454. The summed E-state index contributed by atoms with van der Waals surface area (Å²) in [5.41, 5.74) is 1.67. The van der Waals surface area contributed by atoms with Crippen molar-refractivity contribution in [1.82, 2.24) is 10.2 Å². The van der Waals surface area contributed by atoms with Crippen LogP contribution in [0.3, 0.4) is 0 Å². The van der Waals surface area contributed by atoms with Gasteiger partial charge in [-0.15, -0.1) is 0 Å². The number of amides is 3. The van der Waals surface area contributed by atoms with E-state index in [2.05, 4.69) is 11.4 Å². The lowest BCUT2D eigenvalue weighted by Crippen LogP contribution is -2.52. The van der Waals surface area contributed by atoms with Gasteiger partial charge in [0.05, 0.1) is 18.2 Å². The Balaban J connectivity index is 1.33. The summed E-state index contributed by atoms with van der Waals surface area (Å²) >= 11 is 0. The smallest absolute Gasteiger partial charge is 0.325 e. The average molecular weight is 353 g/mol. The molecule has 4 aliphatic rings. The maximum atomic E-state index is 12.1. The van der Waals surface area contributed by atoms with E-state index >= 15 is 0 Å². The van der Waals surface area contributed by atoms with Crippen LogP contribution in [-0.2, 0) is 10.2 Å². The molecule has 0 bridgehead atoms. The highest BCUT2D eigenvalue weighted by Crippen LogP contribution is 2.59. The van der Waals surface area contributed by atoms with Gasteiger partial charge in [-0.2, -0.15) is 5.26 Å². The third kappa shape index (κ3) is 2.11. The fourth-order valence-corrected chi connectivity index (χ4v) is 4.21. The first kappa shape index (κ1) is 15.5. The number of nitrogens with one attached hydrogen (secondary N) is 1. The van der Waals surface area contributed by atoms with Gasteiger partial charge in [0.25, 0.3) is 5.91 Å². The third-order valence-electron chi connectivity index (χ3n) is 5.98. The van der Waals surface area contributed by atoms with Crippen LogP contribution in [0.1, 0.15) is 43.7 Å². The van der Waals surface area contributed by atoms with Gasteiger partial charge in [-0.1, -0.05) is 0 Å². The van der Waals surface area contributed by atoms with E-state index in [0.717, 1.165) is 29.9 Å². The highest BCUT2D eigenvalue weighted by atomic mass is 16.5. The van der Waals surface area contributed by atoms with Gasteiger partial charge in [-0.25, -0.2) is 4.79 Å². The van der Waals surface area contributed by atoms with E-state index < -0.39 is 6.04 Å². The number of nitriles is 1. The summed E-state index contributed by atoms with van der Waals surface area (Å²) in [6, 6.07) is 4.85. The molecule has 3 fully saturated rings. The topological polar surface area (TPSA) is 91.7 Å². The predicted octanol–water partition coefficient (Wildman–Crippen LogP) is 1.83. The Bertz CT molecular complexity index is 864. The van der Waals surface area contributed by atoms with Crippen molar-refractivity contribution >= 4 is 11.9 Å². The summed E-state index contributed by atoms with van der Waals surface area (Å²) in [5, 5.41) is 11.9. The minimum absolute atomic E-state index is 0.0576. The molecular formula is C19H19N3O4. The van der Waals surface area contributed by atoms with Crippen molar-refractivity contribution in [3.63, 3.8) is 0 Å². The van der Waals surface area contributed by atoms with Crippen LogP contribution in [0.2, 0.25) is 0 Å². The number of carbonyl (C=O) groups excluding carboxylic acids is 2. The highest BCUT2D eigenvalue weighted by Gasteiger charge is 2.53. The molecule has 5 rings (SSSR count). The number of nitrogens with zero attached hydrogens (tertiary/aromatic N) is 2. The Labute approximate surface area is 150 Å². The number of ether oxygens (including phenoxy) is 2. The lowest BCUT2D eigenvalue weighted by Gasteiger charge is -2.39. The van der Waals surface area contributed by atoms with Crippen LogP contribution >= 0.6 is 0 Å². The van der Waals surface area contributed by atoms with Crippen LogP contribution in [0.4, 0.5) is 4.79 Å². The zero-order chi connectivity index (χ0) is 18.1. The van der Waals surface area contributed by atoms with Gasteiger partial charge in [0.15, 0.2) is 0 Å². The average Bonchev–Trinajstić information content (AvgIpc) is 3.20. The Morgan fingerprint density at radius 3 is 2.73 bits per heavy atom. The largest absolute Gasteiger partial charge is 0.492 e. The van der Waals surface area contributed by atoms with Crippen LogP contribution in [0.25, 0.3) is 0 Å². The normalized spacial score (nSPS) is 30.3. The highest BCUT2D eigenvalue weighted by molar-refractivity contribution is 6.04. The monoisotopic (exact) mass is 353 g/mol. The molecule has 7 nitrogen and oxygen atoms in total. The van der Waals surface area contributed by atoms with Gasteiger partial charge in [-0.3, -0.25) is 9.69 Å². The first-order valence-corrected chi connectivity index (χ1v) is 9.02. The summed E-state index contributed by atoms with van der Waals surface area (Å²) < 4.78 is 12.0. The van der Waals surface area contributed by atoms with Crippen molar-refractivity contribution in [2.24, 2.45) is 0 Å². The van der Waals surface area contributed by atoms with Crippen LogP contribution in [-0.4, -0.2) is 41.6 Å². The molecule has 1 saturated heterocycles. The number of hydrogen-bond acceptors (Lipinski definition) is 5. The first-order valence-electron chi connectivity index (χ1n) is 9.02. The van der Waals surface area contributed by atoms with Crippen molar-refractivity contribution in [2.75, 3.05) is 6.61 Å². The van der Waals surface area contributed by atoms with Gasteiger partial charge in [0.2, 0.25) is 0 Å². The zero-order valence-corrected chi connectivity index (χ0v) is 14.4. The van der Waals surface area contributed by atoms with E-state index in [-0.39, 0.29) is 29.5 Å². The van der Waals surface area contributed by atoms with Gasteiger partial charge >= 0.3 is 6.03 Å². The number of fused-ring (bicyclic) bond motifs is 2. The molecule has 7 heteroatoms. The van der Waals surface area contributed by atoms with Crippen molar-refractivity contribution < 1.29 is 19.1 Å². The molecule has 1 spiro atoms. The van der Waals surface area contributed by atoms with Gasteiger partial charge in [0.1, 0.15) is 23.6 Å². The SMILES string of the molecule is C[C@H]1NC(=O)N(C2CC(Oc3cc(C#N)cc4c3C3(CC3)CO4)C2)C1=O. The second-order valence-electron chi connectivity index (χ2n) is 7.77. The summed E-state index contributed by atoms with van der Waals surface area (Å²) in [5.74, 6) is 1.31. The Kier molecular flexibility index (Phi) is 3.06. The van der Waals surface area contributed by atoms with E-state index in [1.54, 1.807) is 19.1 Å². The molecular weight excluding hydrogens is 334 g/mol. The number of benzene rings is 1. The van der Waals surface area contributed by atoms with E-state index in [1.165, 1.54) is 4.90 Å². The van der Waals surface area contributed by atoms with Crippen LogP contribution in [0.15, 0.2) is 12.1 Å². The van der Waals surface area contributed by atoms with E-state index in [0.29, 0.717) is 25.0 Å². The van der Waals surface area contributed by atoms with Crippen LogP contribution in [0, 0.1) is 11.3 Å². The Hall–Kier alpha value is -2.75. The molecule has 0 unspecified atom stereocenters. The maximum absolute atomic E-state index is 12.1. The van der Waals surface area contributed by atoms with Gasteiger partial charge < -0.3 is 14.8 Å². The van der Waals surface area contributed by atoms with E-state index in [9.17, 15) is 14.9 Å². The van der Waals surface area contributed by atoms with Crippen LogP contribution in [0.5, 0.6) is 11.5 Å². The molecule has 0 radical (unpaired) electrons. The predicted molar refractivity (Wildman–Crippen MR) is 89.8 cm³/mol. The molecule has 134 valence electrons. The van der Waals surface area contributed by atoms with Crippen molar-refractivity contribution in [3.05, 3.63) is 23.3 Å². The summed E-state index contributed by atoms with van der Waals surface area (Å²) in [6.07, 6.45) is 3.33. The molecule has 1 atom stereocenters. The number of imide groups is 1. The summed E-state index contributed by atoms with van der Waals surface area (Å²) in [7, 11) is 0. The fourth-order valence-electron chi connectivity index (χ4n) is 4.21. The standard InChI is InChI=1S/C19H19N3O4/c1-10-17(23)22(18(24)21-10)12-6-13(7-12)26-15-5-11(8-20)4-14-16(15)19(2-3-19)9-25-14/h4-5,10,12-13H,2-3,6-7,9H2,1H3,(H,21,24)/t10-,12?,13?/m1/s1. The molecule has 1 N–H and O–H groups in total. The van der Waals surface area contributed by atoms with Crippen molar-refractivity contribution in [2.45, 2.75) is 56.2 Å². The molecule has 26 heavy (non-hydrogen) atoms. The molecule has 0 aromatic heterocycles. The number of carbonyl (C=O) groups is 2. The lowest BCUT2D eigenvalue weighted by atomic mass is 9.87. The maximum Gasteiger partial charge on any atom is 0.325 e.